The van der Waals surface area contributed by atoms with Crippen molar-refractivity contribution >= 4 is 12.0 Å². The van der Waals surface area contributed by atoms with E-state index >= 15 is 0 Å². The van der Waals surface area contributed by atoms with E-state index in [0.29, 0.717) is 19.7 Å². The molecule has 6 heteroatoms. The summed E-state index contributed by atoms with van der Waals surface area (Å²) in [5.74, 6) is 0.0119. The van der Waals surface area contributed by atoms with Crippen molar-refractivity contribution in [2.24, 2.45) is 0 Å². The Morgan fingerprint density at radius 2 is 2.04 bits per heavy atom. The van der Waals surface area contributed by atoms with E-state index in [0.717, 1.165) is 5.56 Å². The van der Waals surface area contributed by atoms with Crippen molar-refractivity contribution in [3.8, 4) is 0 Å². The summed E-state index contributed by atoms with van der Waals surface area (Å²) in [5.41, 5.74) is 1.07. The predicted octanol–water partition coefficient (Wildman–Crippen LogP) is 2.11. The Balaban J connectivity index is 1.86. The van der Waals surface area contributed by atoms with Crippen LogP contribution in [0.1, 0.15) is 31.9 Å². The fourth-order valence-electron chi connectivity index (χ4n) is 2.62. The van der Waals surface area contributed by atoms with Crippen LogP contribution in [0, 0.1) is 0 Å². The molecule has 1 aromatic rings. The van der Waals surface area contributed by atoms with E-state index in [4.69, 9.17) is 9.47 Å². The van der Waals surface area contributed by atoms with Gasteiger partial charge in [-0.25, -0.2) is 4.79 Å². The van der Waals surface area contributed by atoms with E-state index in [1.807, 2.05) is 37.3 Å². The number of alkyl carbamates (subject to hydrolysis) is 1. The lowest BCUT2D eigenvalue weighted by molar-refractivity contribution is -0.144. The van der Waals surface area contributed by atoms with E-state index in [1.165, 1.54) is 0 Å². The van der Waals surface area contributed by atoms with Gasteiger partial charge in [0.25, 0.3) is 0 Å². The molecule has 1 aliphatic rings. The molecule has 0 bridgehead atoms. The fourth-order valence-corrected chi connectivity index (χ4v) is 2.62. The van der Waals surface area contributed by atoms with Crippen LogP contribution in [0.15, 0.2) is 30.3 Å². The van der Waals surface area contributed by atoms with Crippen LogP contribution in [0.4, 0.5) is 4.79 Å². The minimum absolute atomic E-state index is 0.0119. The van der Waals surface area contributed by atoms with Crippen LogP contribution in [0.25, 0.3) is 0 Å². The van der Waals surface area contributed by atoms with Crippen LogP contribution < -0.4 is 5.32 Å². The average molecular weight is 320 g/mol. The van der Waals surface area contributed by atoms with Crippen LogP contribution in [-0.4, -0.2) is 49.2 Å². The Morgan fingerprint density at radius 1 is 1.30 bits per heavy atom. The lowest BCUT2D eigenvalue weighted by atomic mass is 10.1. The van der Waals surface area contributed by atoms with Gasteiger partial charge in [0.05, 0.1) is 19.3 Å². The zero-order chi connectivity index (χ0) is 16.7. The number of ether oxygens (including phenoxy) is 2. The highest BCUT2D eigenvalue weighted by atomic mass is 16.5. The Morgan fingerprint density at radius 3 is 2.74 bits per heavy atom. The van der Waals surface area contributed by atoms with Gasteiger partial charge in [0.15, 0.2) is 0 Å². The normalized spacial score (nSPS) is 20.9. The molecule has 0 saturated carbocycles. The Kier molecular flexibility index (Phi) is 6.40. The second kappa shape index (κ2) is 8.53. The van der Waals surface area contributed by atoms with Gasteiger partial charge in [-0.1, -0.05) is 30.3 Å². The van der Waals surface area contributed by atoms with Crippen molar-refractivity contribution in [1.29, 1.82) is 0 Å². The Hall–Kier alpha value is -2.08. The van der Waals surface area contributed by atoms with Crippen LogP contribution in [0.3, 0.4) is 0 Å². The maximum Gasteiger partial charge on any atom is 0.407 e. The summed E-state index contributed by atoms with van der Waals surface area (Å²) in [6.07, 6.45) is -0.358. The van der Waals surface area contributed by atoms with Crippen LogP contribution in [-0.2, 0) is 14.3 Å². The highest BCUT2D eigenvalue weighted by Crippen LogP contribution is 2.25. The van der Waals surface area contributed by atoms with Crippen molar-refractivity contribution in [2.45, 2.75) is 32.5 Å². The van der Waals surface area contributed by atoms with Crippen LogP contribution in [0.5, 0.6) is 0 Å². The molecule has 0 aliphatic carbocycles. The third-order valence-electron chi connectivity index (χ3n) is 3.67. The molecule has 23 heavy (non-hydrogen) atoms. The zero-order valence-corrected chi connectivity index (χ0v) is 13.7. The molecule has 0 radical (unpaired) electrons. The third kappa shape index (κ3) is 5.25. The quantitative estimate of drug-likeness (QED) is 0.902. The summed E-state index contributed by atoms with van der Waals surface area (Å²) >= 11 is 0. The zero-order valence-electron chi connectivity index (χ0n) is 13.7. The molecule has 0 unspecified atom stereocenters. The molecule has 126 valence electrons. The summed E-state index contributed by atoms with van der Waals surface area (Å²) in [4.78, 5) is 25.4. The van der Waals surface area contributed by atoms with E-state index in [9.17, 15) is 9.59 Å². The summed E-state index contributed by atoms with van der Waals surface area (Å²) in [7, 11) is 0. The molecular weight excluding hydrogens is 296 g/mol. The predicted molar refractivity (Wildman–Crippen MR) is 86.0 cm³/mol. The lowest BCUT2D eigenvalue weighted by Gasteiger charge is -2.37. The van der Waals surface area contributed by atoms with Crippen molar-refractivity contribution in [1.82, 2.24) is 10.2 Å². The molecule has 2 rings (SSSR count). The van der Waals surface area contributed by atoms with Gasteiger partial charge in [0.2, 0.25) is 5.91 Å². The number of rotatable bonds is 5. The highest BCUT2D eigenvalue weighted by molar-refractivity contribution is 5.77. The number of nitrogens with one attached hydrogen (secondary N) is 1. The van der Waals surface area contributed by atoms with Crippen LogP contribution >= 0.6 is 0 Å². The summed E-state index contributed by atoms with van der Waals surface area (Å²) in [6.45, 7) is 5.41. The minimum Gasteiger partial charge on any atom is -0.450 e. The molecule has 1 N–H and O–H groups in total. The van der Waals surface area contributed by atoms with Crippen molar-refractivity contribution in [3.05, 3.63) is 35.9 Å². The second-order valence-electron chi connectivity index (χ2n) is 5.54. The molecule has 1 heterocycles. The number of hydrogen-bond acceptors (Lipinski definition) is 4. The van der Waals surface area contributed by atoms with E-state index in [2.05, 4.69) is 5.32 Å². The number of nitrogens with zero attached hydrogens (tertiary/aromatic N) is 1. The SMILES string of the molecule is CCOC(=O)NCCC(=O)N1C[C@@H](C)O[C@H](c2ccccc2)C1. The molecule has 0 aromatic heterocycles. The average Bonchev–Trinajstić information content (AvgIpc) is 2.55. The molecule has 6 nitrogen and oxygen atoms in total. The maximum absolute atomic E-state index is 12.3. The molecule has 1 fully saturated rings. The summed E-state index contributed by atoms with van der Waals surface area (Å²) < 4.78 is 10.7. The molecule has 1 aromatic carbocycles. The van der Waals surface area contributed by atoms with Gasteiger partial charge in [-0.3, -0.25) is 4.79 Å². The van der Waals surface area contributed by atoms with E-state index in [-0.39, 0.29) is 31.1 Å². The van der Waals surface area contributed by atoms with Crippen molar-refractivity contribution < 1.29 is 19.1 Å². The van der Waals surface area contributed by atoms with Crippen LogP contribution in [0.2, 0.25) is 0 Å². The standard InChI is InChI=1S/C17H24N2O4/c1-3-22-17(21)18-10-9-16(20)19-11-13(2)23-15(12-19)14-7-5-4-6-8-14/h4-8,13,15H,3,9-12H2,1-2H3,(H,18,21)/t13-,15+/m1/s1. The van der Waals surface area contributed by atoms with Gasteiger partial charge < -0.3 is 19.7 Å². The first-order valence-corrected chi connectivity index (χ1v) is 7.99. The first-order chi connectivity index (χ1) is 11.1. The number of carbonyl (C=O) groups is 2. The summed E-state index contributed by atoms with van der Waals surface area (Å²) in [5, 5.41) is 2.57. The number of amides is 2. The molecule has 1 saturated heterocycles. The third-order valence-corrected chi connectivity index (χ3v) is 3.67. The number of hydrogen-bond donors (Lipinski definition) is 1. The van der Waals surface area contributed by atoms with Gasteiger partial charge >= 0.3 is 6.09 Å². The van der Waals surface area contributed by atoms with E-state index < -0.39 is 6.09 Å². The van der Waals surface area contributed by atoms with Gasteiger partial charge in [0, 0.05) is 19.5 Å². The fraction of sp³-hybridized carbons (Fsp3) is 0.529. The van der Waals surface area contributed by atoms with E-state index in [1.54, 1.807) is 11.8 Å². The second-order valence-corrected chi connectivity index (χ2v) is 5.54. The molecule has 2 atom stereocenters. The summed E-state index contributed by atoms with van der Waals surface area (Å²) in [6, 6.07) is 9.90. The monoisotopic (exact) mass is 320 g/mol. The van der Waals surface area contributed by atoms with Gasteiger partial charge in [-0.2, -0.15) is 0 Å². The van der Waals surface area contributed by atoms with Gasteiger partial charge in [-0.15, -0.1) is 0 Å². The van der Waals surface area contributed by atoms with Gasteiger partial charge in [0.1, 0.15) is 6.10 Å². The molecule has 0 spiro atoms. The first kappa shape index (κ1) is 17.3. The maximum atomic E-state index is 12.3. The molecular formula is C17H24N2O4. The smallest absolute Gasteiger partial charge is 0.407 e. The lowest BCUT2D eigenvalue weighted by Crippen LogP contribution is -2.46. The number of morpholine rings is 1. The number of benzene rings is 1. The van der Waals surface area contributed by atoms with Gasteiger partial charge in [-0.05, 0) is 19.4 Å². The Bertz CT molecular complexity index is 521. The van der Waals surface area contributed by atoms with Crippen molar-refractivity contribution in [3.63, 3.8) is 0 Å². The molecule has 2 amide bonds. The first-order valence-electron chi connectivity index (χ1n) is 7.99. The topological polar surface area (TPSA) is 67.9 Å². The Labute approximate surface area is 136 Å². The highest BCUT2D eigenvalue weighted by Gasteiger charge is 2.29. The van der Waals surface area contributed by atoms with Crippen molar-refractivity contribution in [2.75, 3.05) is 26.2 Å². The largest absolute Gasteiger partial charge is 0.450 e. The number of carbonyl (C=O) groups excluding carboxylic acids is 2. The molecule has 1 aliphatic heterocycles. The minimum atomic E-state index is -0.488.